The first kappa shape index (κ1) is 28.6. The van der Waals surface area contributed by atoms with Crippen molar-refractivity contribution >= 4 is 42.2 Å². The lowest BCUT2D eigenvalue weighted by atomic mass is 10.1. The lowest BCUT2D eigenvalue weighted by Gasteiger charge is -2.24. The highest BCUT2D eigenvalue weighted by molar-refractivity contribution is 7.80. The highest BCUT2D eigenvalue weighted by Crippen LogP contribution is 2.04. The molecule has 0 bridgehead atoms. The van der Waals surface area contributed by atoms with Crippen molar-refractivity contribution in [1.29, 1.82) is 0 Å². The first-order chi connectivity index (χ1) is 14.6. The molecule has 0 aliphatic carbocycles. The molecule has 14 heteroatoms. The van der Waals surface area contributed by atoms with E-state index in [0.717, 1.165) is 0 Å². The molecule has 4 amide bonds. The molecule has 11 N–H and O–H groups in total. The van der Waals surface area contributed by atoms with E-state index in [-0.39, 0.29) is 25.0 Å². The Kier molecular flexibility index (Phi) is 14.2. The summed E-state index contributed by atoms with van der Waals surface area (Å²) in [7, 11) is 0. The number of carboxylic acids is 1. The van der Waals surface area contributed by atoms with Crippen LogP contribution in [0.4, 0.5) is 0 Å². The molecule has 0 heterocycles. The minimum atomic E-state index is -1.49. The molecule has 4 unspecified atom stereocenters. The smallest absolute Gasteiger partial charge is 0.326 e. The third kappa shape index (κ3) is 11.5. The molecule has 0 aliphatic heterocycles. The molecule has 0 saturated carbocycles. The van der Waals surface area contributed by atoms with E-state index in [0.29, 0.717) is 19.4 Å². The number of aliphatic hydroxyl groups excluding tert-OH is 1. The summed E-state index contributed by atoms with van der Waals surface area (Å²) in [5.74, 6) is -4.48. The maximum atomic E-state index is 12.6. The molecular weight excluding hydrogens is 432 g/mol. The Balaban J connectivity index is 5.17. The number of unbranched alkanes of at least 4 members (excludes halogenated alkanes) is 1. The van der Waals surface area contributed by atoms with Crippen molar-refractivity contribution < 1.29 is 34.2 Å². The van der Waals surface area contributed by atoms with Gasteiger partial charge in [0.15, 0.2) is 0 Å². The fourth-order valence-electron chi connectivity index (χ4n) is 2.41. The monoisotopic (exact) mass is 464 g/mol. The number of carbonyl (C=O) groups is 5. The molecule has 0 saturated heterocycles. The topological polar surface area (TPSA) is 240 Å². The van der Waals surface area contributed by atoms with E-state index in [2.05, 4.69) is 28.6 Å². The number of nitrogens with two attached hydrogens (primary N) is 3. The van der Waals surface area contributed by atoms with Crippen molar-refractivity contribution in [2.24, 2.45) is 17.2 Å². The van der Waals surface area contributed by atoms with Crippen LogP contribution < -0.4 is 33.2 Å². The largest absolute Gasteiger partial charge is 0.480 e. The number of amides is 4. The SMILES string of the molecule is NCCCCC(NC(=O)C(N)CS)C(=O)NC(CO)C(=O)NC(CCC(N)=O)C(=O)O. The molecule has 0 aromatic rings. The van der Waals surface area contributed by atoms with Gasteiger partial charge in [0.05, 0.1) is 12.6 Å². The summed E-state index contributed by atoms with van der Waals surface area (Å²) in [4.78, 5) is 59.1. The van der Waals surface area contributed by atoms with E-state index in [1.807, 2.05) is 0 Å². The maximum absolute atomic E-state index is 12.6. The van der Waals surface area contributed by atoms with Crippen LogP contribution in [-0.2, 0) is 24.0 Å². The average Bonchev–Trinajstić information content (AvgIpc) is 2.72. The number of hydrogen-bond donors (Lipinski definition) is 9. The van der Waals surface area contributed by atoms with Crippen molar-refractivity contribution in [3.05, 3.63) is 0 Å². The van der Waals surface area contributed by atoms with Gasteiger partial charge >= 0.3 is 5.97 Å². The second-order valence-corrected chi connectivity index (χ2v) is 7.15. The predicted molar refractivity (Wildman–Crippen MR) is 114 cm³/mol. The van der Waals surface area contributed by atoms with Gasteiger partial charge in [-0.25, -0.2) is 4.79 Å². The Morgan fingerprint density at radius 1 is 0.871 bits per heavy atom. The Morgan fingerprint density at radius 3 is 1.90 bits per heavy atom. The minimum Gasteiger partial charge on any atom is -0.480 e. The fourth-order valence-corrected chi connectivity index (χ4v) is 2.57. The molecule has 13 nitrogen and oxygen atoms in total. The van der Waals surface area contributed by atoms with Gasteiger partial charge in [-0.3, -0.25) is 19.2 Å². The molecule has 0 aromatic heterocycles. The first-order valence-corrected chi connectivity index (χ1v) is 10.3. The predicted octanol–water partition coefficient (Wildman–Crippen LogP) is -3.83. The molecule has 31 heavy (non-hydrogen) atoms. The number of carbonyl (C=O) groups excluding carboxylic acids is 4. The van der Waals surface area contributed by atoms with E-state index < -0.39 is 60.4 Å². The van der Waals surface area contributed by atoms with Crippen LogP contribution in [0.3, 0.4) is 0 Å². The number of primary amides is 1. The van der Waals surface area contributed by atoms with Crippen LogP contribution in [0.1, 0.15) is 32.1 Å². The van der Waals surface area contributed by atoms with Crippen molar-refractivity contribution in [2.75, 3.05) is 18.9 Å². The van der Waals surface area contributed by atoms with E-state index in [1.165, 1.54) is 0 Å². The molecule has 0 rings (SSSR count). The van der Waals surface area contributed by atoms with Crippen molar-refractivity contribution in [3.63, 3.8) is 0 Å². The van der Waals surface area contributed by atoms with Gasteiger partial charge in [0.2, 0.25) is 23.6 Å². The summed E-state index contributed by atoms with van der Waals surface area (Å²) in [5, 5.41) is 25.5. The highest BCUT2D eigenvalue weighted by atomic mass is 32.1. The Hall–Kier alpha value is -2.42. The van der Waals surface area contributed by atoms with E-state index in [9.17, 15) is 29.1 Å². The first-order valence-electron chi connectivity index (χ1n) is 9.66. The lowest BCUT2D eigenvalue weighted by molar-refractivity contribution is -0.143. The quantitative estimate of drug-likeness (QED) is 0.0801. The lowest BCUT2D eigenvalue weighted by Crippen LogP contribution is -2.58. The number of nitrogens with one attached hydrogen (secondary N) is 3. The van der Waals surface area contributed by atoms with E-state index in [1.54, 1.807) is 0 Å². The van der Waals surface area contributed by atoms with Gasteiger partial charge in [-0.1, -0.05) is 0 Å². The van der Waals surface area contributed by atoms with Gasteiger partial charge < -0.3 is 43.4 Å². The summed E-state index contributed by atoms with van der Waals surface area (Å²) < 4.78 is 0. The molecule has 0 spiro atoms. The van der Waals surface area contributed by atoms with E-state index >= 15 is 0 Å². The third-order valence-electron chi connectivity index (χ3n) is 4.22. The molecular formula is C17H32N6O7S. The van der Waals surface area contributed by atoms with Crippen LogP contribution in [0.25, 0.3) is 0 Å². The van der Waals surface area contributed by atoms with Gasteiger partial charge in [-0.2, -0.15) is 12.6 Å². The molecule has 0 fully saturated rings. The molecule has 0 aliphatic rings. The number of hydrogen-bond acceptors (Lipinski definition) is 9. The van der Waals surface area contributed by atoms with Crippen LogP contribution in [0.5, 0.6) is 0 Å². The van der Waals surface area contributed by atoms with E-state index in [4.69, 9.17) is 22.3 Å². The number of rotatable bonds is 16. The Morgan fingerprint density at radius 2 is 1.42 bits per heavy atom. The van der Waals surface area contributed by atoms with Crippen LogP contribution in [-0.4, -0.2) is 82.9 Å². The number of thiol groups is 1. The molecule has 178 valence electrons. The second kappa shape index (κ2) is 15.4. The normalized spacial score (nSPS) is 14.6. The van der Waals surface area contributed by atoms with Crippen molar-refractivity contribution in [3.8, 4) is 0 Å². The molecule has 4 atom stereocenters. The maximum Gasteiger partial charge on any atom is 0.326 e. The van der Waals surface area contributed by atoms with Crippen molar-refractivity contribution in [1.82, 2.24) is 16.0 Å². The van der Waals surface area contributed by atoms with Gasteiger partial charge in [0, 0.05) is 12.2 Å². The number of aliphatic carboxylic acids is 1. The summed E-state index contributed by atoms with van der Waals surface area (Å²) in [6.45, 7) is -0.457. The van der Waals surface area contributed by atoms with Crippen LogP contribution in [0, 0.1) is 0 Å². The number of carboxylic acid groups (broad SMARTS) is 1. The van der Waals surface area contributed by atoms with Gasteiger partial charge in [0.1, 0.15) is 18.1 Å². The molecule has 0 aromatic carbocycles. The summed E-state index contributed by atoms with van der Waals surface area (Å²) >= 11 is 3.92. The fraction of sp³-hybridized carbons (Fsp3) is 0.706. The zero-order chi connectivity index (χ0) is 24.0. The zero-order valence-corrected chi connectivity index (χ0v) is 18.0. The van der Waals surface area contributed by atoms with Crippen molar-refractivity contribution in [2.45, 2.75) is 56.3 Å². The minimum absolute atomic E-state index is 0.0481. The summed E-state index contributed by atoms with van der Waals surface area (Å²) in [5.41, 5.74) is 16.0. The van der Waals surface area contributed by atoms with Gasteiger partial charge in [-0.15, -0.1) is 0 Å². The zero-order valence-electron chi connectivity index (χ0n) is 17.1. The average molecular weight is 465 g/mol. The van der Waals surface area contributed by atoms with Crippen LogP contribution >= 0.6 is 12.6 Å². The van der Waals surface area contributed by atoms with Gasteiger partial charge in [-0.05, 0) is 32.2 Å². The highest BCUT2D eigenvalue weighted by Gasteiger charge is 2.29. The number of aliphatic hydroxyl groups is 1. The summed E-state index contributed by atoms with van der Waals surface area (Å²) in [6.07, 6.45) is 0.734. The standard InChI is InChI=1S/C17H32N6O7S/c18-6-2-1-3-10(21-14(26)9(19)8-31)15(27)23-12(7-24)16(28)22-11(17(29)30)4-5-13(20)25/h9-12,24,31H,1-8,18-19H2,(H2,20,25)(H,21,26)(H,22,28)(H,23,27)(H,29,30). The molecule has 0 radical (unpaired) electrons. The van der Waals surface area contributed by atoms with Crippen LogP contribution in [0.2, 0.25) is 0 Å². The second-order valence-electron chi connectivity index (χ2n) is 6.78. The van der Waals surface area contributed by atoms with Crippen LogP contribution in [0.15, 0.2) is 0 Å². The Bertz CT molecular complexity index is 636. The Labute approximate surface area is 185 Å². The third-order valence-corrected chi connectivity index (χ3v) is 4.62. The summed E-state index contributed by atoms with van der Waals surface area (Å²) in [6, 6.07) is -4.95. The van der Waals surface area contributed by atoms with Gasteiger partial charge in [0.25, 0.3) is 0 Å².